The second kappa shape index (κ2) is 9.59. The van der Waals surface area contributed by atoms with Gasteiger partial charge in [-0.05, 0) is 11.1 Å². The Labute approximate surface area is 140 Å². The molecule has 0 aromatic heterocycles. The zero-order chi connectivity index (χ0) is 15.6. The second-order valence-electron chi connectivity index (χ2n) is 5.10. The fourth-order valence-electron chi connectivity index (χ4n) is 2.00. The van der Waals surface area contributed by atoms with Crippen LogP contribution in [0.3, 0.4) is 0 Å². The highest BCUT2D eigenvalue weighted by molar-refractivity contribution is 7.99. The van der Waals surface area contributed by atoms with E-state index in [4.69, 9.17) is 5.73 Å². The number of rotatable bonds is 9. The molecule has 0 atom stereocenters. The van der Waals surface area contributed by atoms with E-state index >= 15 is 0 Å². The van der Waals surface area contributed by atoms with Crippen LogP contribution in [-0.2, 0) is 16.3 Å². The zero-order valence-corrected chi connectivity index (χ0v) is 14.1. The number of amides is 1. The summed E-state index contributed by atoms with van der Waals surface area (Å²) in [6.07, 6.45) is 0. The van der Waals surface area contributed by atoms with E-state index in [1.54, 1.807) is 23.5 Å². The van der Waals surface area contributed by atoms with Gasteiger partial charge in [0.1, 0.15) is 0 Å². The third-order valence-corrected chi connectivity index (χ3v) is 5.61. The molecule has 0 aliphatic carbocycles. The van der Waals surface area contributed by atoms with Crippen molar-refractivity contribution in [3.05, 3.63) is 71.8 Å². The first-order valence-corrected chi connectivity index (χ1v) is 9.59. The summed E-state index contributed by atoms with van der Waals surface area (Å²) < 4.78 is 0. The summed E-state index contributed by atoms with van der Waals surface area (Å²) in [6, 6.07) is 20.6. The van der Waals surface area contributed by atoms with Crippen LogP contribution >= 0.6 is 23.5 Å². The maximum absolute atomic E-state index is 11.6. The topological polar surface area (TPSA) is 43.1 Å². The molecule has 0 saturated carbocycles. The van der Waals surface area contributed by atoms with Crippen LogP contribution < -0.4 is 5.73 Å². The Morgan fingerprint density at radius 3 is 1.59 bits per heavy atom. The lowest BCUT2D eigenvalue weighted by Gasteiger charge is -2.12. The number of benzene rings is 2. The Morgan fingerprint density at radius 2 is 1.23 bits per heavy atom. The standard InChI is InChI=1S/C18H21NOS2/c19-18(20)17(13-21-11-15-7-3-1-4-8-15)14-22-12-16-9-5-2-6-10-16/h1-10,17H,11-14H2,(H2,19,20). The Morgan fingerprint density at radius 1 is 0.818 bits per heavy atom. The molecule has 116 valence electrons. The molecule has 0 aliphatic heterocycles. The minimum absolute atomic E-state index is 0.0672. The summed E-state index contributed by atoms with van der Waals surface area (Å²) in [4.78, 5) is 11.6. The molecule has 1 amide bonds. The number of carbonyl (C=O) groups is 1. The van der Waals surface area contributed by atoms with Crippen molar-refractivity contribution in [1.82, 2.24) is 0 Å². The molecule has 2 N–H and O–H groups in total. The monoisotopic (exact) mass is 331 g/mol. The van der Waals surface area contributed by atoms with Crippen molar-refractivity contribution in [3.8, 4) is 0 Å². The smallest absolute Gasteiger partial charge is 0.222 e. The maximum atomic E-state index is 11.6. The molecule has 2 nitrogen and oxygen atoms in total. The van der Waals surface area contributed by atoms with Gasteiger partial charge in [-0.25, -0.2) is 0 Å². The SMILES string of the molecule is NC(=O)C(CSCc1ccccc1)CSCc1ccccc1. The average molecular weight is 332 g/mol. The predicted molar refractivity (Wildman–Crippen MR) is 97.9 cm³/mol. The van der Waals surface area contributed by atoms with E-state index in [2.05, 4.69) is 24.3 Å². The van der Waals surface area contributed by atoms with E-state index in [9.17, 15) is 4.79 Å². The molecular formula is C18H21NOS2. The average Bonchev–Trinajstić information content (AvgIpc) is 2.55. The molecule has 4 heteroatoms. The van der Waals surface area contributed by atoms with Crippen LogP contribution in [0.4, 0.5) is 0 Å². The molecule has 0 fully saturated rings. The van der Waals surface area contributed by atoms with Gasteiger partial charge >= 0.3 is 0 Å². The summed E-state index contributed by atoms with van der Waals surface area (Å²) >= 11 is 3.55. The summed E-state index contributed by atoms with van der Waals surface area (Å²) in [7, 11) is 0. The van der Waals surface area contributed by atoms with Gasteiger partial charge < -0.3 is 5.73 Å². The minimum Gasteiger partial charge on any atom is -0.369 e. The highest BCUT2D eigenvalue weighted by atomic mass is 32.2. The molecule has 2 aromatic rings. The molecule has 0 aliphatic rings. The van der Waals surface area contributed by atoms with Crippen molar-refractivity contribution in [2.45, 2.75) is 11.5 Å². The van der Waals surface area contributed by atoms with E-state index in [-0.39, 0.29) is 11.8 Å². The lowest BCUT2D eigenvalue weighted by Crippen LogP contribution is -2.27. The third-order valence-electron chi connectivity index (χ3n) is 3.26. The van der Waals surface area contributed by atoms with Crippen LogP contribution in [0.2, 0.25) is 0 Å². The molecule has 0 radical (unpaired) electrons. The molecule has 0 saturated heterocycles. The van der Waals surface area contributed by atoms with Crippen LogP contribution in [0.25, 0.3) is 0 Å². The van der Waals surface area contributed by atoms with Gasteiger partial charge in [-0.3, -0.25) is 4.79 Å². The third kappa shape index (κ3) is 6.16. The Hall–Kier alpha value is -1.39. The van der Waals surface area contributed by atoms with Gasteiger partial charge in [-0.2, -0.15) is 23.5 Å². The number of primary amides is 1. The first-order chi connectivity index (χ1) is 10.8. The van der Waals surface area contributed by atoms with E-state index in [0.717, 1.165) is 23.0 Å². The molecule has 0 bridgehead atoms. The van der Waals surface area contributed by atoms with Crippen molar-refractivity contribution < 1.29 is 4.79 Å². The first-order valence-electron chi connectivity index (χ1n) is 7.28. The van der Waals surface area contributed by atoms with Gasteiger partial charge in [0.25, 0.3) is 0 Å². The van der Waals surface area contributed by atoms with Gasteiger partial charge in [-0.1, -0.05) is 60.7 Å². The lowest BCUT2D eigenvalue weighted by atomic mass is 10.2. The summed E-state index contributed by atoms with van der Waals surface area (Å²) in [6.45, 7) is 0. The van der Waals surface area contributed by atoms with E-state index in [0.29, 0.717) is 0 Å². The maximum Gasteiger partial charge on any atom is 0.222 e. The van der Waals surface area contributed by atoms with E-state index in [1.807, 2.05) is 36.4 Å². The highest BCUT2D eigenvalue weighted by Crippen LogP contribution is 2.20. The van der Waals surface area contributed by atoms with Crippen LogP contribution in [0, 0.1) is 5.92 Å². The van der Waals surface area contributed by atoms with Crippen LogP contribution in [0.1, 0.15) is 11.1 Å². The fraction of sp³-hybridized carbons (Fsp3) is 0.278. The van der Waals surface area contributed by atoms with Crippen molar-refractivity contribution in [3.63, 3.8) is 0 Å². The number of hydrogen-bond donors (Lipinski definition) is 1. The van der Waals surface area contributed by atoms with E-state index < -0.39 is 0 Å². The Bertz CT molecular complexity index is 514. The Balaban J connectivity index is 1.72. The van der Waals surface area contributed by atoms with Gasteiger partial charge in [0.2, 0.25) is 5.91 Å². The van der Waals surface area contributed by atoms with Crippen molar-refractivity contribution >= 4 is 29.4 Å². The molecule has 0 heterocycles. The van der Waals surface area contributed by atoms with Gasteiger partial charge in [0.05, 0.1) is 5.92 Å². The lowest BCUT2D eigenvalue weighted by molar-refractivity contribution is -0.120. The summed E-state index contributed by atoms with van der Waals surface area (Å²) in [5.74, 6) is 3.16. The first kappa shape index (κ1) is 17.0. The van der Waals surface area contributed by atoms with Crippen molar-refractivity contribution in [2.24, 2.45) is 11.7 Å². The summed E-state index contributed by atoms with van der Waals surface area (Å²) in [5, 5.41) is 0. The number of hydrogen-bond acceptors (Lipinski definition) is 3. The minimum atomic E-state index is -0.193. The predicted octanol–water partition coefficient (Wildman–Crippen LogP) is 3.95. The molecule has 0 spiro atoms. The number of carbonyl (C=O) groups excluding carboxylic acids is 1. The van der Waals surface area contributed by atoms with Crippen molar-refractivity contribution in [1.29, 1.82) is 0 Å². The normalized spacial score (nSPS) is 10.8. The van der Waals surface area contributed by atoms with Crippen LogP contribution in [0.5, 0.6) is 0 Å². The largest absolute Gasteiger partial charge is 0.369 e. The van der Waals surface area contributed by atoms with E-state index in [1.165, 1.54) is 11.1 Å². The Kier molecular flexibility index (Phi) is 7.40. The number of thioether (sulfide) groups is 2. The number of nitrogens with two attached hydrogens (primary N) is 1. The highest BCUT2D eigenvalue weighted by Gasteiger charge is 2.15. The molecule has 2 rings (SSSR count). The molecule has 22 heavy (non-hydrogen) atoms. The zero-order valence-electron chi connectivity index (χ0n) is 12.5. The second-order valence-corrected chi connectivity index (χ2v) is 7.16. The fourth-order valence-corrected chi connectivity index (χ4v) is 4.37. The molecule has 0 unspecified atom stereocenters. The quantitative estimate of drug-likeness (QED) is 0.756. The van der Waals surface area contributed by atoms with Crippen molar-refractivity contribution in [2.75, 3.05) is 11.5 Å². The van der Waals surface area contributed by atoms with Gasteiger partial charge in [-0.15, -0.1) is 0 Å². The molecular weight excluding hydrogens is 310 g/mol. The molecule has 2 aromatic carbocycles. The van der Waals surface area contributed by atoms with Crippen LogP contribution in [0.15, 0.2) is 60.7 Å². The van der Waals surface area contributed by atoms with Crippen LogP contribution in [-0.4, -0.2) is 17.4 Å². The summed E-state index contributed by atoms with van der Waals surface area (Å²) in [5.41, 5.74) is 8.10. The van der Waals surface area contributed by atoms with Gasteiger partial charge in [0, 0.05) is 23.0 Å². The van der Waals surface area contributed by atoms with Gasteiger partial charge in [0.15, 0.2) is 0 Å².